The average molecular weight is 314 g/mol. The third-order valence-corrected chi connectivity index (χ3v) is 2.74. The van der Waals surface area contributed by atoms with Gasteiger partial charge in [0, 0.05) is 9.89 Å². The Labute approximate surface area is 115 Å². The number of aliphatic hydroxyl groups excluding tert-OH is 1. The minimum Gasteiger partial charge on any atom is -0.489 e. The number of aliphatic hydroxyl groups is 1. The highest BCUT2D eigenvalue weighted by Crippen LogP contribution is 2.31. The molecule has 4 nitrogen and oxygen atoms in total. The Balaban J connectivity index is 2.78. The normalized spacial score (nSPS) is 10.8. The summed E-state index contributed by atoms with van der Waals surface area (Å²) < 4.78 is 11.8. The van der Waals surface area contributed by atoms with Crippen LogP contribution in [-0.2, 0) is 0 Å². The van der Waals surface area contributed by atoms with Gasteiger partial charge in [0.15, 0.2) is 18.1 Å². The zero-order valence-corrected chi connectivity index (χ0v) is 12.0. The van der Waals surface area contributed by atoms with Gasteiger partial charge in [-0.3, -0.25) is 0 Å². The fourth-order valence-corrected chi connectivity index (χ4v) is 1.48. The fraction of sp³-hybridized carbons (Fsp3) is 0.462. The molecule has 1 aromatic carbocycles. The van der Waals surface area contributed by atoms with Crippen molar-refractivity contribution in [3.8, 4) is 17.6 Å². The van der Waals surface area contributed by atoms with E-state index in [4.69, 9.17) is 19.8 Å². The van der Waals surface area contributed by atoms with E-state index in [0.29, 0.717) is 18.1 Å². The van der Waals surface area contributed by atoms with Gasteiger partial charge in [-0.1, -0.05) is 29.8 Å². The van der Waals surface area contributed by atoms with Crippen LogP contribution in [0, 0.1) is 16.7 Å². The number of rotatable bonds is 6. The van der Waals surface area contributed by atoms with Crippen molar-refractivity contribution >= 4 is 15.9 Å². The summed E-state index contributed by atoms with van der Waals surface area (Å²) in [4.78, 5) is 0. The van der Waals surface area contributed by atoms with Crippen molar-refractivity contribution < 1.29 is 14.6 Å². The summed E-state index contributed by atoms with van der Waals surface area (Å²) in [6.07, 6.45) is 0. The van der Waals surface area contributed by atoms with Crippen molar-refractivity contribution in [2.24, 2.45) is 5.41 Å². The molecule has 1 rings (SSSR count). The summed E-state index contributed by atoms with van der Waals surface area (Å²) in [6.45, 7) is 4.19. The molecule has 0 radical (unpaired) electrons. The zero-order valence-electron chi connectivity index (χ0n) is 10.4. The van der Waals surface area contributed by atoms with Gasteiger partial charge in [-0.15, -0.1) is 0 Å². The first-order valence-electron chi connectivity index (χ1n) is 5.51. The number of hydrogen-bond donors (Lipinski definition) is 1. The lowest BCUT2D eigenvalue weighted by atomic mass is 9.96. The Hall–Kier alpha value is -1.25. The Bertz CT molecular complexity index is 440. The maximum absolute atomic E-state index is 9.17. The van der Waals surface area contributed by atoms with Crippen LogP contribution in [-0.4, -0.2) is 24.9 Å². The standard InChI is InChI=1S/C13H16BrNO3/c1-13(2,8-16)9-18-11-4-3-10(14)7-12(11)17-6-5-15/h3-4,7,16H,6,8-9H2,1-2H3. The molecule has 0 saturated carbocycles. The van der Waals surface area contributed by atoms with Crippen LogP contribution in [0.1, 0.15) is 13.8 Å². The number of benzene rings is 1. The van der Waals surface area contributed by atoms with Gasteiger partial charge < -0.3 is 14.6 Å². The van der Waals surface area contributed by atoms with Crippen LogP contribution in [0.2, 0.25) is 0 Å². The largest absolute Gasteiger partial charge is 0.489 e. The highest BCUT2D eigenvalue weighted by Gasteiger charge is 2.18. The van der Waals surface area contributed by atoms with Crippen LogP contribution < -0.4 is 9.47 Å². The highest BCUT2D eigenvalue weighted by molar-refractivity contribution is 9.10. The molecule has 0 bridgehead atoms. The first-order chi connectivity index (χ1) is 8.48. The lowest BCUT2D eigenvalue weighted by Crippen LogP contribution is -2.25. The van der Waals surface area contributed by atoms with Crippen LogP contribution in [0.25, 0.3) is 0 Å². The molecule has 18 heavy (non-hydrogen) atoms. The van der Waals surface area contributed by atoms with Gasteiger partial charge in [-0.05, 0) is 18.2 Å². The van der Waals surface area contributed by atoms with Crippen molar-refractivity contribution in [1.29, 1.82) is 5.26 Å². The number of nitriles is 1. The second-order valence-electron chi connectivity index (χ2n) is 4.65. The zero-order chi connectivity index (χ0) is 13.6. The molecule has 0 aromatic heterocycles. The first kappa shape index (κ1) is 14.8. The van der Waals surface area contributed by atoms with Crippen molar-refractivity contribution in [2.45, 2.75) is 13.8 Å². The number of ether oxygens (including phenoxy) is 2. The van der Waals surface area contributed by atoms with Crippen LogP contribution in [0.15, 0.2) is 22.7 Å². The predicted octanol–water partition coefficient (Wildman–Crippen LogP) is 2.75. The summed E-state index contributed by atoms with van der Waals surface area (Å²) >= 11 is 3.33. The third-order valence-electron chi connectivity index (χ3n) is 2.24. The molecule has 0 aliphatic rings. The molecule has 98 valence electrons. The summed E-state index contributed by atoms with van der Waals surface area (Å²) in [7, 11) is 0. The second kappa shape index (κ2) is 6.62. The van der Waals surface area contributed by atoms with Crippen LogP contribution in [0.5, 0.6) is 11.5 Å². The van der Waals surface area contributed by atoms with Gasteiger partial charge in [-0.25, -0.2) is 0 Å². The van der Waals surface area contributed by atoms with E-state index in [-0.39, 0.29) is 18.6 Å². The quantitative estimate of drug-likeness (QED) is 0.877. The van der Waals surface area contributed by atoms with E-state index in [9.17, 15) is 0 Å². The SMILES string of the molecule is CC(C)(CO)COc1ccc(Br)cc1OCC#N. The van der Waals surface area contributed by atoms with E-state index in [0.717, 1.165) is 4.47 Å². The van der Waals surface area contributed by atoms with Crippen molar-refractivity contribution in [1.82, 2.24) is 0 Å². The maximum Gasteiger partial charge on any atom is 0.174 e. The minimum atomic E-state index is -0.320. The Morgan fingerprint density at radius 3 is 2.67 bits per heavy atom. The van der Waals surface area contributed by atoms with Crippen LogP contribution in [0.4, 0.5) is 0 Å². The van der Waals surface area contributed by atoms with Crippen LogP contribution >= 0.6 is 15.9 Å². The first-order valence-corrected chi connectivity index (χ1v) is 6.31. The van der Waals surface area contributed by atoms with Gasteiger partial charge in [0.1, 0.15) is 6.07 Å². The van der Waals surface area contributed by atoms with Gasteiger partial charge in [0.25, 0.3) is 0 Å². The minimum absolute atomic E-state index is 0.0315. The molecular formula is C13H16BrNO3. The Morgan fingerprint density at radius 2 is 2.06 bits per heavy atom. The average Bonchev–Trinajstić information content (AvgIpc) is 2.35. The molecule has 0 fully saturated rings. The molecule has 5 heteroatoms. The summed E-state index contributed by atoms with van der Waals surface area (Å²) in [5, 5.41) is 17.7. The molecule has 0 amide bonds. The highest BCUT2D eigenvalue weighted by atomic mass is 79.9. The number of halogens is 1. The Morgan fingerprint density at radius 1 is 1.33 bits per heavy atom. The number of nitrogens with zero attached hydrogens (tertiary/aromatic N) is 1. The lowest BCUT2D eigenvalue weighted by molar-refractivity contribution is 0.0956. The molecule has 1 aromatic rings. The molecule has 0 unspecified atom stereocenters. The van der Waals surface area contributed by atoms with E-state index in [2.05, 4.69) is 15.9 Å². The van der Waals surface area contributed by atoms with Gasteiger partial charge in [0.2, 0.25) is 0 Å². The van der Waals surface area contributed by atoms with Crippen molar-refractivity contribution in [2.75, 3.05) is 19.8 Å². The van der Waals surface area contributed by atoms with E-state index >= 15 is 0 Å². The maximum atomic E-state index is 9.17. The van der Waals surface area contributed by atoms with Gasteiger partial charge in [-0.2, -0.15) is 5.26 Å². The van der Waals surface area contributed by atoms with Gasteiger partial charge >= 0.3 is 0 Å². The molecule has 0 saturated heterocycles. The topological polar surface area (TPSA) is 62.5 Å². The molecule has 0 spiro atoms. The van der Waals surface area contributed by atoms with Crippen molar-refractivity contribution in [3.63, 3.8) is 0 Å². The van der Waals surface area contributed by atoms with Crippen LogP contribution in [0.3, 0.4) is 0 Å². The lowest BCUT2D eigenvalue weighted by Gasteiger charge is -2.22. The molecule has 0 aliphatic carbocycles. The second-order valence-corrected chi connectivity index (χ2v) is 5.56. The van der Waals surface area contributed by atoms with E-state index in [1.54, 1.807) is 12.1 Å². The molecule has 0 atom stereocenters. The molecular weight excluding hydrogens is 298 g/mol. The number of hydrogen-bond acceptors (Lipinski definition) is 4. The van der Waals surface area contributed by atoms with E-state index in [1.165, 1.54) is 0 Å². The van der Waals surface area contributed by atoms with Crippen molar-refractivity contribution in [3.05, 3.63) is 22.7 Å². The molecule has 0 heterocycles. The smallest absolute Gasteiger partial charge is 0.174 e. The van der Waals surface area contributed by atoms with E-state index < -0.39 is 0 Å². The molecule has 0 aliphatic heterocycles. The summed E-state index contributed by atoms with van der Waals surface area (Å²) in [6, 6.07) is 7.26. The fourth-order valence-electron chi connectivity index (χ4n) is 1.14. The molecule has 1 N–H and O–H groups in total. The summed E-state index contributed by atoms with van der Waals surface area (Å²) in [5.41, 5.74) is -0.320. The Kier molecular flexibility index (Phi) is 5.45. The van der Waals surface area contributed by atoms with E-state index in [1.807, 2.05) is 26.0 Å². The van der Waals surface area contributed by atoms with Gasteiger partial charge in [0.05, 0.1) is 13.2 Å². The summed E-state index contributed by atoms with van der Waals surface area (Å²) in [5.74, 6) is 1.08. The monoisotopic (exact) mass is 313 g/mol. The predicted molar refractivity (Wildman–Crippen MR) is 71.6 cm³/mol. The third kappa shape index (κ3) is 4.55.